The van der Waals surface area contributed by atoms with Gasteiger partial charge in [0.05, 0.1) is 23.3 Å². The van der Waals surface area contributed by atoms with Crippen molar-refractivity contribution < 1.29 is 0 Å². The van der Waals surface area contributed by atoms with Crippen LogP contribution < -0.4 is 5.56 Å². The molecule has 124 valence electrons. The second-order valence-corrected chi connectivity index (χ2v) is 6.18. The smallest absolute Gasteiger partial charge is 0.261 e. The van der Waals surface area contributed by atoms with Gasteiger partial charge in [-0.3, -0.25) is 19.4 Å². The first-order chi connectivity index (χ1) is 11.8. The number of piperidine rings is 1. The standard InChI is InChI=1S/C17H20N6O/c24-17-13-5-1-2-6-14(13)19-12-23(17)10-9-22-8-4-3-7-15(22)16-18-11-20-21-16/h1-2,5-6,11-12,15H,3-4,7-10H2,(H,18,20,21). The van der Waals surface area contributed by atoms with Crippen LogP contribution in [0.5, 0.6) is 0 Å². The molecular formula is C17H20N6O. The van der Waals surface area contributed by atoms with Gasteiger partial charge in [-0.1, -0.05) is 18.6 Å². The molecule has 4 rings (SSSR count). The van der Waals surface area contributed by atoms with Gasteiger partial charge in [-0.25, -0.2) is 9.97 Å². The van der Waals surface area contributed by atoms with E-state index in [-0.39, 0.29) is 11.6 Å². The molecule has 1 N–H and O–H groups in total. The summed E-state index contributed by atoms with van der Waals surface area (Å²) in [5.41, 5.74) is 0.769. The Bertz CT molecular complexity index is 872. The van der Waals surface area contributed by atoms with Crippen LogP contribution in [0.4, 0.5) is 0 Å². The molecule has 0 bridgehead atoms. The average Bonchev–Trinajstić information content (AvgIpc) is 3.16. The summed E-state index contributed by atoms with van der Waals surface area (Å²) in [6, 6.07) is 7.73. The van der Waals surface area contributed by atoms with E-state index in [1.54, 1.807) is 17.2 Å². The molecule has 2 aromatic heterocycles. The Morgan fingerprint density at radius 1 is 1.17 bits per heavy atom. The molecule has 1 aromatic carbocycles. The van der Waals surface area contributed by atoms with Crippen molar-refractivity contribution in [3.63, 3.8) is 0 Å². The summed E-state index contributed by atoms with van der Waals surface area (Å²) in [4.78, 5) is 23.7. The molecule has 1 aliphatic heterocycles. The van der Waals surface area contributed by atoms with Crippen molar-refractivity contribution in [2.45, 2.75) is 31.8 Å². The van der Waals surface area contributed by atoms with Gasteiger partial charge in [0.25, 0.3) is 5.56 Å². The van der Waals surface area contributed by atoms with Crippen LogP contribution in [-0.2, 0) is 6.54 Å². The Labute approximate surface area is 139 Å². The summed E-state index contributed by atoms with van der Waals surface area (Å²) < 4.78 is 1.70. The van der Waals surface area contributed by atoms with Crippen LogP contribution in [0.2, 0.25) is 0 Å². The number of nitrogens with zero attached hydrogens (tertiary/aromatic N) is 5. The van der Waals surface area contributed by atoms with Crippen molar-refractivity contribution in [3.05, 3.63) is 53.1 Å². The molecule has 0 amide bonds. The third-order valence-corrected chi connectivity index (χ3v) is 4.72. The molecule has 3 aromatic rings. The highest BCUT2D eigenvalue weighted by Gasteiger charge is 2.25. The first kappa shape index (κ1) is 15.0. The van der Waals surface area contributed by atoms with Crippen molar-refractivity contribution >= 4 is 10.9 Å². The lowest BCUT2D eigenvalue weighted by Crippen LogP contribution is -2.37. The van der Waals surface area contributed by atoms with Crippen LogP contribution in [0.1, 0.15) is 31.1 Å². The molecule has 0 spiro atoms. The van der Waals surface area contributed by atoms with Gasteiger partial charge in [0.2, 0.25) is 0 Å². The summed E-state index contributed by atoms with van der Waals surface area (Å²) in [7, 11) is 0. The van der Waals surface area contributed by atoms with Crippen LogP contribution in [0.3, 0.4) is 0 Å². The van der Waals surface area contributed by atoms with Gasteiger partial charge in [-0.15, -0.1) is 0 Å². The maximum Gasteiger partial charge on any atom is 0.261 e. The first-order valence-corrected chi connectivity index (χ1v) is 8.36. The van der Waals surface area contributed by atoms with Gasteiger partial charge in [0, 0.05) is 13.1 Å². The Hall–Kier alpha value is -2.54. The van der Waals surface area contributed by atoms with Crippen LogP contribution in [-0.4, -0.2) is 42.7 Å². The zero-order valence-electron chi connectivity index (χ0n) is 13.4. The van der Waals surface area contributed by atoms with Gasteiger partial charge in [-0.2, -0.15) is 5.10 Å². The third-order valence-electron chi connectivity index (χ3n) is 4.72. The Balaban J connectivity index is 1.53. The second-order valence-electron chi connectivity index (χ2n) is 6.18. The highest BCUT2D eigenvalue weighted by molar-refractivity contribution is 5.76. The van der Waals surface area contributed by atoms with E-state index in [1.807, 2.05) is 24.3 Å². The lowest BCUT2D eigenvalue weighted by molar-refractivity contribution is 0.136. The third kappa shape index (κ3) is 2.82. The van der Waals surface area contributed by atoms with Crippen molar-refractivity contribution in [3.8, 4) is 0 Å². The Morgan fingerprint density at radius 3 is 2.96 bits per heavy atom. The first-order valence-electron chi connectivity index (χ1n) is 8.36. The van der Waals surface area contributed by atoms with Crippen LogP contribution in [0.15, 0.2) is 41.7 Å². The van der Waals surface area contributed by atoms with E-state index in [1.165, 1.54) is 12.8 Å². The number of H-pyrrole nitrogens is 1. The molecule has 0 radical (unpaired) electrons. The van der Waals surface area contributed by atoms with E-state index < -0.39 is 0 Å². The molecule has 7 heteroatoms. The topological polar surface area (TPSA) is 79.7 Å². The summed E-state index contributed by atoms with van der Waals surface area (Å²) in [6.07, 6.45) is 6.65. The molecular weight excluding hydrogens is 304 g/mol. The van der Waals surface area contributed by atoms with Crippen LogP contribution in [0.25, 0.3) is 10.9 Å². The number of para-hydroxylation sites is 1. The summed E-state index contributed by atoms with van der Waals surface area (Å²) in [5, 5.41) is 7.63. The van der Waals surface area contributed by atoms with E-state index in [0.29, 0.717) is 11.9 Å². The van der Waals surface area contributed by atoms with Gasteiger partial charge >= 0.3 is 0 Å². The number of aromatic nitrogens is 5. The molecule has 3 heterocycles. The molecule has 1 fully saturated rings. The SMILES string of the molecule is O=c1c2ccccc2ncn1CCN1CCCCC1c1ncn[nH]1. The quantitative estimate of drug-likeness (QED) is 0.791. The van der Waals surface area contributed by atoms with E-state index >= 15 is 0 Å². The predicted molar refractivity (Wildman–Crippen MR) is 90.6 cm³/mol. The Kier molecular flexibility index (Phi) is 4.08. The van der Waals surface area contributed by atoms with Crippen LogP contribution in [0, 0.1) is 0 Å². The molecule has 24 heavy (non-hydrogen) atoms. The number of hydrogen-bond donors (Lipinski definition) is 1. The van der Waals surface area contributed by atoms with Crippen molar-refractivity contribution in [1.82, 2.24) is 29.6 Å². The van der Waals surface area contributed by atoms with Gasteiger partial charge < -0.3 is 0 Å². The van der Waals surface area contributed by atoms with Crippen molar-refractivity contribution in [1.29, 1.82) is 0 Å². The highest BCUT2D eigenvalue weighted by atomic mass is 16.1. The number of benzene rings is 1. The summed E-state index contributed by atoms with van der Waals surface area (Å²) in [5.74, 6) is 0.915. The van der Waals surface area contributed by atoms with Gasteiger partial charge in [-0.05, 0) is 31.5 Å². The second kappa shape index (κ2) is 6.52. The summed E-state index contributed by atoms with van der Waals surface area (Å²) in [6.45, 7) is 2.44. The molecule has 0 saturated carbocycles. The van der Waals surface area contributed by atoms with Gasteiger partial charge in [0.1, 0.15) is 12.2 Å². The fraction of sp³-hybridized carbons (Fsp3) is 0.412. The van der Waals surface area contributed by atoms with Crippen LogP contribution >= 0.6 is 0 Å². The molecule has 0 aliphatic carbocycles. The monoisotopic (exact) mass is 324 g/mol. The maximum atomic E-state index is 12.6. The Morgan fingerprint density at radius 2 is 2.08 bits per heavy atom. The number of hydrogen-bond acceptors (Lipinski definition) is 5. The van der Waals surface area contributed by atoms with E-state index in [4.69, 9.17) is 0 Å². The zero-order chi connectivity index (χ0) is 16.4. The van der Waals surface area contributed by atoms with E-state index in [9.17, 15) is 4.79 Å². The fourth-order valence-corrected chi connectivity index (χ4v) is 3.45. The minimum atomic E-state index is 0.0221. The van der Waals surface area contributed by atoms with Crippen molar-refractivity contribution in [2.75, 3.05) is 13.1 Å². The highest BCUT2D eigenvalue weighted by Crippen LogP contribution is 2.28. The minimum Gasteiger partial charge on any atom is -0.297 e. The largest absolute Gasteiger partial charge is 0.297 e. The predicted octanol–water partition coefficient (Wildman–Crippen LogP) is 1.74. The minimum absolute atomic E-state index is 0.0221. The number of likely N-dealkylation sites (tertiary alicyclic amines) is 1. The number of nitrogens with one attached hydrogen (secondary N) is 1. The average molecular weight is 324 g/mol. The van der Waals surface area contributed by atoms with E-state index in [0.717, 1.165) is 30.9 Å². The van der Waals surface area contributed by atoms with Gasteiger partial charge in [0.15, 0.2) is 0 Å². The lowest BCUT2D eigenvalue weighted by atomic mass is 10.0. The molecule has 1 saturated heterocycles. The van der Waals surface area contributed by atoms with Crippen molar-refractivity contribution in [2.24, 2.45) is 0 Å². The number of fused-ring (bicyclic) bond motifs is 1. The maximum absolute atomic E-state index is 12.6. The zero-order valence-corrected chi connectivity index (χ0v) is 13.4. The normalized spacial score (nSPS) is 18.9. The number of aromatic amines is 1. The molecule has 1 aliphatic rings. The van der Waals surface area contributed by atoms with E-state index in [2.05, 4.69) is 25.1 Å². The molecule has 7 nitrogen and oxygen atoms in total. The molecule has 1 unspecified atom stereocenters. The lowest BCUT2D eigenvalue weighted by Gasteiger charge is -2.34. The fourth-order valence-electron chi connectivity index (χ4n) is 3.45. The molecule has 1 atom stereocenters. The number of rotatable bonds is 4. The summed E-state index contributed by atoms with van der Waals surface area (Å²) >= 11 is 0.